The third kappa shape index (κ3) is 2.73. The molecule has 0 aromatic rings. The Morgan fingerprint density at radius 3 is 2.15 bits per heavy atom. The summed E-state index contributed by atoms with van der Waals surface area (Å²) in [6, 6.07) is -0.219. The highest BCUT2D eigenvalue weighted by Gasteiger charge is 2.51. The van der Waals surface area contributed by atoms with Crippen LogP contribution in [0.5, 0.6) is 0 Å². The highest BCUT2D eigenvalue weighted by Crippen LogP contribution is 2.55. The average Bonchev–Trinajstić information content (AvgIpc) is 2.38. The normalized spacial score (nSPS) is 39.8. The molecule has 0 aromatic carbocycles. The van der Waals surface area contributed by atoms with E-state index < -0.39 is 0 Å². The van der Waals surface area contributed by atoms with E-state index in [1.54, 1.807) is 0 Å². The van der Waals surface area contributed by atoms with Crippen molar-refractivity contribution in [2.45, 2.75) is 70.4 Å². The minimum Gasteiger partial charge on any atom is -0.465 e. The third-order valence-corrected chi connectivity index (χ3v) is 5.53. The highest BCUT2D eigenvalue weighted by molar-refractivity contribution is 5.75. The molecular formula is C16H28N2O2. The topological polar surface area (TPSA) is 50.4 Å². The predicted octanol–water partition coefficient (Wildman–Crippen LogP) is 2.39. The standard InChI is InChI=1S/C16H28N2O2/c1-3-14(15(19)20-4-2)17-18-16-8-11-5-12(9-16)7-13(6-11)10-16/h11-14,17-18H,3-10H2,1-2H3. The summed E-state index contributed by atoms with van der Waals surface area (Å²) in [5, 5.41) is 0. The van der Waals surface area contributed by atoms with Gasteiger partial charge in [0.1, 0.15) is 6.04 Å². The van der Waals surface area contributed by atoms with E-state index in [0.717, 1.165) is 24.2 Å². The smallest absolute Gasteiger partial charge is 0.324 e. The number of ether oxygens (including phenoxy) is 1. The molecular weight excluding hydrogens is 252 g/mol. The molecule has 0 heterocycles. The van der Waals surface area contributed by atoms with Crippen molar-refractivity contribution in [3.05, 3.63) is 0 Å². The van der Waals surface area contributed by atoms with Gasteiger partial charge in [0, 0.05) is 5.54 Å². The largest absolute Gasteiger partial charge is 0.465 e. The molecule has 4 heteroatoms. The summed E-state index contributed by atoms with van der Waals surface area (Å²) < 4.78 is 5.12. The van der Waals surface area contributed by atoms with Gasteiger partial charge in [-0.05, 0) is 69.6 Å². The molecule has 1 unspecified atom stereocenters. The van der Waals surface area contributed by atoms with Gasteiger partial charge < -0.3 is 4.74 Å². The van der Waals surface area contributed by atoms with Crippen LogP contribution < -0.4 is 10.9 Å². The summed E-state index contributed by atoms with van der Waals surface area (Å²) in [4.78, 5) is 11.9. The lowest BCUT2D eigenvalue weighted by molar-refractivity contribution is -0.146. The molecule has 4 nitrogen and oxygen atoms in total. The lowest BCUT2D eigenvalue weighted by Gasteiger charge is -2.57. The maximum Gasteiger partial charge on any atom is 0.324 e. The maximum absolute atomic E-state index is 11.9. The van der Waals surface area contributed by atoms with Crippen molar-refractivity contribution in [2.75, 3.05) is 6.61 Å². The molecule has 4 rings (SSSR count). The second-order valence-corrected chi connectivity index (χ2v) is 7.18. The first-order valence-corrected chi connectivity index (χ1v) is 8.33. The first-order chi connectivity index (χ1) is 9.64. The lowest BCUT2D eigenvalue weighted by atomic mass is 9.53. The van der Waals surface area contributed by atoms with Crippen molar-refractivity contribution in [1.29, 1.82) is 0 Å². The summed E-state index contributed by atoms with van der Waals surface area (Å²) >= 11 is 0. The molecule has 4 aliphatic carbocycles. The number of rotatable bonds is 6. The summed E-state index contributed by atoms with van der Waals surface area (Å²) in [6.07, 6.45) is 8.93. The number of hydrogen-bond donors (Lipinski definition) is 2. The fourth-order valence-corrected chi connectivity index (χ4v) is 5.07. The van der Waals surface area contributed by atoms with Crippen LogP contribution in [0.25, 0.3) is 0 Å². The van der Waals surface area contributed by atoms with Crippen LogP contribution in [-0.4, -0.2) is 24.2 Å². The van der Waals surface area contributed by atoms with Crippen molar-refractivity contribution in [3.8, 4) is 0 Å². The van der Waals surface area contributed by atoms with Crippen molar-refractivity contribution < 1.29 is 9.53 Å². The summed E-state index contributed by atoms with van der Waals surface area (Å²) in [5.74, 6) is 2.61. The van der Waals surface area contributed by atoms with Crippen LogP contribution in [-0.2, 0) is 9.53 Å². The number of carbonyl (C=O) groups excluding carboxylic acids is 1. The second-order valence-electron chi connectivity index (χ2n) is 7.18. The molecule has 0 amide bonds. The SMILES string of the molecule is CCOC(=O)C(CC)NNC12CC3CC(CC(C3)C1)C2. The van der Waals surface area contributed by atoms with Crippen LogP contribution in [0.4, 0.5) is 0 Å². The molecule has 4 saturated carbocycles. The summed E-state index contributed by atoms with van der Waals surface area (Å²) in [7, 11) is 0. The zero-order chi connectivity index (χ0) is 14.2. The van der Waals surface area contributed by atoms with E-state index >= 15 is 0 Å². The Labute approximate surface area is 122 Å². The molecule has 0 aromatic heterocycles. The van der Waals surface area contributed by atoms with E-state index in [0.29, 0.717) is 6.61 Å². The molecule has 1 atom stereocenters. The zero-order valence-corrected chi connectivity index (χ0v) is 12.8. The van der Waals surface area contributed by atoms with E-state index in [2.05, 4.69) is 10.9 Å². The Morgan fingerprint density at radius 2 is 1.70 bits per heavy atom. The van der Waals surface area contributed by atoms with Crippen LogP contribution in [0.2, 0.25) is 0 Å². The zero-order valence-electron chi connectivity index (χ0n) is 12.8. The molecule has 114 valence electrons. The Hall–Kier alpha value is -0.610. The lowest BCUT2D eigenvalue weighted by Crippen LogP contribution is -2.64. The number of nitrogens with one attached hydrogen (secondary N) is 2. The molecule has 4 bridgehead atoms. The van der Waals surface area contributed by atoms with Gasteiger partial charge >= 0.3 is 5.97 Å². The van der Waals surface area contributed by atoms with E-state index in [1.807, 2.05) is 13.8 Å². The average molecular weight is 280 g/mol. The quantitative estimate of drug-likeness (QED) is 0.579. The third-order valence-electron chi connectivity index (χ3n) is 5.53. The Morgan fingerprint density at radius 1 is 1.15 bits per heavy atom. The van der Waals surface area contributed by atoms with Crippen LogP contribution in [0.3, 0.4) is 0 Å². The molecule has 0 spiro atoms. The van der Waals surface area contributed by atoms with Gasteiger partial charge in [-0.1, -0.05) is 6.92 Å². The van der Waals surface area contributed by atoms with Gasteiger partial charge in [0.05, 0.1) is 6.61 Å². The maximum atomic E-state index is 11.9. The Kier molecular flexibility index (Phi) is 4.04. The molecule has 4 aliphatic rings. The minimum absolute atomic E-state index is 0.132. The van der Waals surface area contributed by atoms with Crippen molar-refractivity contribution >= 4 is 5.97 Å². The van der Waals surface area contributed by atoms with E-state index in [4.69, 9.17) is 4.74 Å². The van der Waals surface area contributed by atoms with Crippen molar-refractivity contribution in [3.63, 3.8) is 0 Å². The van der Waals surface area contributed by atoms with E-state index in [1.165, 1.54) is 38.5 Å². The number of esters is 1. The minimum atomic E-state index is -0.219. The van der Waals surface area contributed by atoms with E-state index in [-0.39, 0.29) is 17.6 Å². The number of hydrazine groups is 1. The first-order valence-electron chi connectivity index (χ1n) is 8.33. The summed E-state index contributed by atoms with van der Waals surface area (Å²) in [5.41, 5.74) is 7.10. The molecule has 0 aliphatic heterocycles. The second kappa shape index (κ2) is 5.64. The van der Waals surface area contributed by atoms with Gasteiger partial charge in [-0.2, -0.15) is 0 Å². The van der Waals surface area contributed by atoms with Gasteiger partial charge in [0.25, 0.3) is 0 Å². The number of carbonyl (C=O) groups is 1. The summed E-state index contributed by atoms with van der Waals surface area (Å²) in [6.45, 7) is 4.33. The molecule has 4 fully saturated rings. The van der Waals surface area contributed by atoms with Gasteiger partial charge in [-0.15, -0.1) is 0 Å². The first kappa shape index (κ1) is 14.3. The highest BCUT2D eigenvalue weighted by atomic mass is 16.5. The van der Waals surface area contributed by atoms with Crippen LogP contribution >= 0.6 is 0 Å². The Balaban J connectivity index is 1.58. The van der Waals surface area contributed by atoms with E-state index in [9.17, 15) is 4.79 Å². The van der Waals surface area contributed by atoms with Crippen molar-refractivity contribution in [2.24, 2.45) is 17.8 Å². The number of hydrogen-bond acceptors (Lipinski definition) is 4. The molecule has 20 heavy (non-hydrogen) atoms. The molecule has 2 N–H and O–H groups in total. The van der Waals surface area contributed by atoms with Crippen molar-refractivity contribution in [1.82, 2.24) is 10.9 Å². The van der Waals surface area contributed by atoms with Gasteiger partial charge in [-0.25, -0.2) is 5.43 Å². The molecule has 0 radical (unpaired) electrons. The monoisotopic (exact) mass is 280 g/mol. The van der Waals surface area contributed by atoms with Crippen LogP contribution in [0.1, 0.15) is 58.8 Å². The fourth-order valence-electron chi connectivity index (χ4n) is 5.07. The van der Waals surface area contributed by atoms with Crippen LogP contribution in [0.15, 0.2) is 0 Å². The predicted molar refractivity (Wildman–Crippen MR) is 77.9 cm³/mol. The molecule has 0 saturated heterocycles. The Bertz CT molecular complexity index is 334. The van der Waals surface area contributed by atoms with Gasteiger partial charge in [-0.3, -0.25) is 10.2 Å². The fraction of sp³-hybridized carbons (Fsp3) is 0.938. The van der Waals surface area contributed by atoms with Crippen LogP contribution in [0, 0.1) is 17.8 Å². The van der Waals surface area contributed by atoms with Gasteiger partial charge in [0.15, 0.2) is 0 Å². The van der Waals surface area contributed by atoms with Gasteiger partial charge in [0.2, 0.25) is 0 Å².